The second-order valence-electron chi connectivity index (χ2n) is 13.1. The van der Waals surface area contributed by atoms with Crippen molar-refractivity contribution in [3.05, 3.63) is 102 Å². The fourth-order valence-electron chi connectivity index (χ4n) is 7.76. The summed E-state index contributed by atoms with van der Waals surface area (Å²) in [6.07, 6.45) is 8.61. The number of nitrogens with one attached hydrogen (secondary N) is 1. The highest BCUT2D eigenvalue weighted by atomic mass is 19.1. The van der Waals surface area contributed by atoms with E-state index in [0.717, 1.165) is 88.1 Å². The molecular formula is C38H37FN6O. The van der Waals surface area contributed by atoms with Gasteiger partial charge in [-0.2, -0.15) is 0 Å². The number of hydrogen-bond acceptors (Lipinski definition) is 4. The van der Waals surface area contributed by atoms with Crippen LogP contribution in [-0.4, -0.2) is 25.0 Å². The largest absolute Gasteiger partial charge is 0.399 e. The van der Waals surface area contributed by atoms with E-state index in [9.17, 15) is 9.18 Å². The number of amides is 1. The Bertz CT molecular complexity index is 2120. The van der Waals surface area contributed by atoms with Crippen molar-refractivity contribution in [1.29, 1.82) is 0 Å². The summed E-state index contributed by atoms with van der Waals surface area (Å²) in [5.41, 5.74) is 14.8. The van der Waals surface area contributed by atoms with E-state index in [1.807, 2.05) is 50.5 Å². The number of halogens is 1. The lowest BCUT2D eigenvalue weighted by atomic mass is 9.75. The molecule has 1 amide bonds. The van der Waals surface area contributed by atoms with Crippen molar-refractivity contribution in [1.82, 2.24) is 24.4 Å². The Morgan fingerprint density at radius 1 is 0.891 bits per heavy atom. The van der Waals surface area contributed by atoms with Crippen molar-refractivity contribution >= 4 is 33.5 Å². The Morgan fingerprint density at radius 2 is 1.65 bits per heavy atom. The summed E-state index contributed by atoms with van der Waals surface area (Å²) in [7, 11) is 4.06. The van der Waals surface area contributed by atoms with E-state index in [-0.39, 0.29) is 11.7 Å². The summed E-state index contributed by atoms with van der Waals surface area (Å²) in [6, 6.07) is 23.4. The van der Waals surface area contributed by atoms with Crippen molar-refractivity contribution in [3.8, 4) is 22.5 Å². The molecule has 7 nitrogen and oxygen atoms in total. The van der Waals surface area contributed by atoms with Gasteiger partial charge in [0, 0.05) is 36.2 Å². The molecule has 3 heterocycles. The van der Waals surface area contributed by atoms with Crippen molar-refractivity contribution in [2.24, 2.45) is 14.1 Å². The van der Waals surface area contributed by atoms with E-state index in [1.54, 1.807) is 6.07 Å². The molecular weight excluding hydrogens is 575 g/mol. The number of aromatic nitrogens is 4. The first-order chi connectivity index (χ1) is 22.3. The van der Waals surface area contributed by atoms with Gasteiger partial charge in [-0.15, -0.1) is 0 Å². The smallest absolute Gasteiger partial charge is 0.252 e. The Kier molecular flexibility index (Phi) is 6.71. The van der Waals surface area contributed by atoms with Crippen LogP contribution in [-0.2, 0) is 19.6 Å². The molecule has 0 radical (unpaired) electrons. The van der Waals surface area contributed by atoms with Crippen molar-refractivity contribution in [2.45, 2.75) is 56.4 Å². The van der Waals surface area contributed by atoms with Gasteiger partial charge in [0.25, 0.3) is 5.91 Å². The van der Waals surface area contributed by atoms with Crippen LogP contribution in [0.5, 0.6) is 0 Å². The summed E-state index contributed by atoms with van der Waals surface area (Å²) in [5.74, 6) is 0.837. The topological polar surface area (TPSA) is 90.8 Å². The number of imidazole rings is 1. The van der Waals surface area contributed by atoms with Crippen LogP contribution >= 0.6 is 0 Å². The molecule has 46 heavy (non-hydrogen) atoms. The minimum atomic E-state index is -0.534. The fourth-order valence-corrected chi connectivity index (χ4v) is 7.76. The Morgan fingerprint density at radius 3 is 2.35 bits per heavy atom. The highest BCUT2D eigenvalue weighted by molar-refractivity contribution is 6.01. The van der Waals surface area contributed by atoms with E-state index in [4.69, 9.17) is 10.7 Å². The predicted molar refractivity (Wildman–Crippen MR) is 181 cm³/mol. The number of pyridine rings is 1. The van der Waals surface area contributed by atoms with Gasteiger partial charge in [0.1, 0.15) is 11.6 Å². The number of nitrogens with zero attached hydrogens (tertiary/aromatic N) is 4. The van der Waals surface area contributed by atoms with Crippen LogP contribution in [0.3, 0.4) is 0 Å². The molecule has 2 saturated carbocycles. The molecule has 2 aliphatic rings. The average molecular weight is 613 g/mol. The molecule has 8 rings (SSSR count). The fraction of sp³-hybridized carbons (Fsp3) is 0.289. The molecule has 0 spiro atoms. The Hall–Kier alpha value is -4.98. The summed E-state index contributed by atoms with van der Waals surface area (Å²) in [5, 5.41) is 4.55. The summed E-state index contributed by atoms with van der Waals surface area (Å²) in [6.45, 7) is 0. The molecule has 3 aromatic heterocycles. The van der Waals surface area contributed by atoms with Gasteiger partial charge in [-0.3, -0.25) is 9.78 Å². The molecule has 0 saturated heterocycles. The van der Waals surface area contributed by atoms with Crippen LogP contribution in [0.4, 0.5) is 10.1 Å². The highest BCUT2D eigenvalue weighted by Gasteiger charge is 2.44. The molecule has 0 aliphatic heterocycles. The van der Waals surface area contributed by atoms with Gasteiger partial charge < -0.3 is 20.2 Å². The minimum Gasteiger partial charge on any atom is -0.399 e. The molecule has 2 fully saturated rings. The summed E-state index contributed by atoms with van der Waals surface area (Å²) >= 11 is 0. The summed E-state index contributed by atoms with van der Waals surface area (Å²) < 4.78 is 18.1. The Labute approximate surface area is 267 Å². The first-order valence-electron chi connectivity index (χ1n) is 16.2. The number of nitrogens with two attached hydrogens (primary N) is 1. The van der Waals surface area contributed by atoms with E-state index in [0.29, 0.717) is 11.5 Å². The van der Waals surface area contributed by atoms with Crippen LogP contribution in [0.15, 0.2) is 79.0 Å². The third-order valence-corrected chi connectivity index (χ3v) is 10.3. The minimum absolute atomic E-state index is 0.110. The molecule has 232 valence electrons. The van der Waals surface area contributed by atoms with Crippen molar-refractivity contribution < 1.29 is 9.18 Å². The quantitative estimate of drug-likeness (QED) is 0.187. The summed E-state index contributed by atoms with van der Waals surface area (Å²) in [4.78, 5) is 23.5. The number of carbonyl (C=O) groups excluding carboxylic acids is 1. The zero-order chi connectivity index (χ0) is 31.6. The lowest BCUT2D eigenvalue weighted by Crippen LogP contribution is -2.52. The van der Waals surface area contributed by atoms with Gasteiger partial charge in [0.05, 0.1) is 34.2 Å². The van der Waals surface area contributed by atoms with E-state index >= 15 is 0 Å². The third-order valence-electron chi connectivity index (χ3n) is 10.3. The number of rotatable bonds is 6. The highest BCUT2D eigenvalue weighted by Crippen LogP contribution is 2.45. The zero-order valence-corrected chi connectivity index (χ0v) is 26.2. The number of anilines is 1. The maximum Gasteiger partial charge on any atom is 0.252 e. The molecule has 0 bridgehead atoms. The standard InChI is InChI=1S/C38H37FN6O/c1-44-32-21-26(10-15-29(32)34(24-6-3-4-7-24)35(44)31-17-12-27(39)22-41-31)36(46)43-38(18-5-19-38)37-42-30-16-11-25(20-33(30)45(37)2)23-8-13-28(40)14-9-23/h8-17,20-22,24H,3-7,18-19,40H2,1-2H3,(H,43,46). The third kappa shape index (κ3) is 4.58. The number of carbonyl (C=O) groups is 1. The number of benzene rings is 3. The SMILES string of the molecule is Cn1c(C2(NC(=O)c3ccc4c(C5CCCC5)c(-c5ccc(F)cn5)n(C)c4c3)CCC2)nc2ccc(-c3ccc(N)cc3)cc21. The van der Waals surface area contributed by atoms with Crippen LogP contribution in [0.25, 0.3) is 44.5 Å². The van der Waals surface area contributed by atoms with Gasteiger partial charge in [-0.25, -0.2) is 9.37 Å². The lowest BCUT2D eigenvalue weighted by Gasteiger charge is -2.41. The molecule has 2 aliphatic carbocycles. The van der Waals surface area contributed by atoms with Crippen LogP contribution in [0, 0.1) is 5.82 Å². The number of nitrogen functional groups attached to an aromatic ring is 1. The molecule has 3 N–H and O–H groups in total. The van der Waals surface area contributed by atoms with E-state index in [1.165, 1.54) is 30.7 Å². The maximum absolute atomic E-state index is 14.0. The lowest BCUT2D eigenvalue weighted by molar-refractivity contribution is 0.0805. The van der Waals surface area contributed by atoms with Crippen LogP contribution in [0.1, 0.15) is 72.6 Å². The van der Waals surface area contributed by atoms with E-state index in [2.05, 4.69) is 43.7 Å². The molecule has 0 atom stereocenters. The normalized spacial score (nSPS) is 16.2. The Balaban J connectivity index is 1.15. The first kappa shape index (κ1) is 28.5. The van der Waals surface area contributed by atoms with Gasteiger partial charge in [-0.1, -0.05) is 37.1 Å². The van der Waals surface area contributed by atoms with Crippen LogP contribution < -0.4 is 11.1 Å². The number of hydrogen-bond donors (Lipinski definition) is 2. The maximum atomic E-state index is 14.0. The average Bonchev–Trinajstić information content (AvgIpc) is 3.77. The number of fused-ring (bicyclic) bond motifs is 2. The van der Waals surface area contributed by atoms with Gasteiger partial charge in [0.2, 0.25) is 0 Å². The first-order valence-corrected chi connectivity index (χ1v) is 16.2. The van der Waals surface area contributed by atoms with Crippen LogP contribution in [0.2, 0.25) is 0 Å². The monoisotopic (exact) mass is 612 g/mol. The van der Waals surface area contributed by atoms with E-state index < -0.39 is 5.54 Å². The van der Waals surface area contributed by atoms with Crippen molar-refractivity contribution in [2.75, 3.05) is 5.73 Å². The molecule has 0 unspecified atom stereocenters. The van der Waals surface area contributed by atoms with Gasteiger partial charge >= 0.3 is 0 Å². The molecule has 3 aromatic carbocycles. The molecule has 8 heteroatoms. The number of aryl methyl sites for hydroxylation is 2. The zero-order valence-electron chi connectivity index (χ0n) is 26.2. The second-order valence-corrected chi connectivity index (χ2v) is 13.1. The van der Waals surface area contributed by atoms with Gasteiger partial charge in [0.15, 0.2) is 0 Å². The predicted octanol–water partition coefficient (Wildman–Crippen LogP) is 7.98. The second kappa shape index (κ2) is 10.8. The van der Waals surface area contributed by atoms with Gasteiger partial charge in [-0.05, 0) is 103 Å². The molecule has 6 aromatic rings. The van der Waals surface area contributed by atoms with Crippen molar-refractivity contribution in [3.63, 3.8) is 0 Å².